The van der Waals surface area contributed by atoms with E-state index in [2.05, 4.69) is 10.6 Å². The van der Waals surface area contributed by atoms with E-state index in [9.17, 15) is 9.59 Å². The number of ether oxygens (including phenoxy) is 1. The molecular formula is C25H29F2N3O3. The lowest BCUT2D eigenvalue weighted by molar-refractivity contribution is -0.135. The van der Waals surface area contributed by atoms with E-state index in [0.29, 0.717) is 25.4 Å². The molecule has 0 aromatic heterocycles. The Bertz CT molecular complexity index is 1060. The Morgan fingerprint density at radius 1 is 1.12 bits per heavy atom. The van der Waals surface area contributed by atoms with Crippen LogP contribution < -0.4 is 15.4 Å². The van der Waals surface area contributed by atoms with Crippen LogP contribution in [-0.4, -0.2) is 43.5 Å². The topological polar surface area (TPSA) is 70.7 Å². The number of carbonyl (C=O) groups is 2. The number of rotatable bonds is 5. The molecule has 1 saturated heterocycles. The van der Waals surface area contributed by atoms with E-state index in [1.807, 2.05) is 12.1 Å². The SMILES string of the molecule is COc1ccc2c(c1)CCN[C@H]2C(=O)Nc1cc(F)c(C(C)(C)C(=O)N2CCCC2)c(F)c1. The Labute approximate surface area is 192 Å². The van der Waals surface area contributed by atoms with E-state index in [-0.39, 0.29) is 17.2 Å². The normalized spacial score (nSPS) is 18.1. The van der Waals surface area contributed by atoms with Crippen molar-refractivity contribution in [1.29, 1.82) is 0 Å². The van der Waals surface area contributed by atoms with Gasteiger partial charge in [0, 0.05) is 30.9 Å². The average molecular weight is 458 g/mol. The van der Waals surface area contributed by atoms with Crippen molar-refractivity contribution in [2.75, 3.05) is 32.1 Å². The number of fused-ring (bicyclic) bond motifs is 1. The predicted molar refractivity (Wildman–Crippen MR) is 121 cm³/mol. The summed E-state index contributed by atoms with van der Waals surface area (Å²) in [7, 11) is 1.58. The summed E-state index contributed by atoms with van der Waals surface area (Å²) in [5.74, 6) is -1.72. The molecule has 0 unspecified atom stereocenters. The lowest BCUT2D eigenvalue weighted by atomic mass is 9.82. The third-order valence-corrected chi connectivity index (χ3v) is 6.53. The first kappa shape index (κ1) is 23.2. The predicted octanol–water partition coefficient (Wildman–Crippen LogP) is 3.70. The van der Waals surface area contributed by atoms with E-state index in [1.54, 1.807) is 18.1 Å². The van der Waals surface area contributed by atoms with E-state index < -0.39 is 29.0 Å². The van der Waals surface area contributed by atoms with E-state index >= 15 is 8.78 Å². The number of methoxy groups -OCH3 is 1. The molecule has 2 heterocycles. The highest BCUT2D eigenvalue weighted by Gasteiger charge is 2.39. The van der Waals surface area contributed by atoms with Crippen molar-refractivity contribution in [2.24, 2.45) is 0 Å². The number of nitrogens with zero attached hydrogens (tertiary/aromatic N) is 1. The minimum atomic E-state index is -1.36. The van der Waals surface area contributed by atoms with Gasteiger partial charge in [-0.15, -0.1) is 0 Å². The van der Waals surface area contributed by atoms with Crippen LogP contribution in [0.5, 0.6) is 5.75 Å². The highest BCUT2D eigenvalue weighted by atomic mass is 19.1. The van der Waals surface area contributed by atoms with Crippen molar-refractivity contribution in [3.05, 3.63) is 58.7 Å². The molecule has 2 aromatic carbocycles. The van der Waals surface area contributed by atoms with Gasteiger partial charge in [0.15, 0.2) is 0 Å². The number of benzene rings is 2. The van der Waals surface area contributed by atoms with Crippen LogP contribution in [0.2, 0.25) is 0 Å². The maximum absolute atomic E-state index is 15.1. The standard InChI is InChI=1S/C25H29F2N3O3/c1-25(2,24(32)30-10-4-5-11-30)21-19(26)13-16(14-20(21)27)29-23(31)22-18-7-6-17(33-3)12-15(18)8-9-28-22/h6-7,12-14,22,28H,4-5,8-11H2,1-3H3,(H,29,31)/t22-/m1/s1. The van der Waals surface area contributed by atoms with Crippen molar-refractivity contribution in [3.63, 3.8) is 0 Å². The summed E-state index contributed by atoms with van der Waals surface area (Å²) in [6.45, 7) is 4.85. The van der Waals surface area contributed by atoms with Crippen LogP contribution in [0.4, 0.5) is 14.5 Å². The molecule has 0 saturated carbocycles. The average Bonchev–Trinajstić information content (AvgIpc) is 3.31. The molecule has 2 aliphatic rings. The van der Waals surface area contributed by atoms with Crippen LogP contribution in [0.3, 0.4) is 0 Å². The molecule has 0 spiro atoms. The van der Waals surface area contributed by atoms with Gasteiger partial charge in [-0.2, -0.15) is 0 Å². The molecule has 0 bridgehead atoms. The quantitative estimate of drug-likeness (QED) is 0.719. The molecule has 1 atom stereocenters. The number of nitrogens with one attached hydrogen (secondary N) is 2. The molecule has 2 aromatic rings. The molecule has 4 rings (SSSR count). The number of anilines is 1. The van der Waals surface area contributed by atoms with Crippen molar-refractivity contribution >= 4 is 17.5 Å². The van der Waals surface area contributed by atoms with E-state index in [4.69, 9.17) is 4.74 Å². The molecule has 2 amide bonds. The molecule has 0 aliphatic carbocycles. The number of amides is 2. The first-order valence-electron chi connectivity index (χ1n) is 11.2. The zero-order valence-corrected chi connectivity index (χ0v) is 19.1. The van der Waals surface area contributed by atoms with Gasteiger partial charge in [0.05, 0.1) is 12.5 Å². The number of halogens is 2. The van der Waals surface area contributed by atoms with Gasteiger partial charge in [-0.3, -0.25) is 9.59 Å². The monoisotopic (exact) mass is 457 g/mol. The van der Waals surface area contributed by atoms with Gasteiger partial charge in [-0.1, -0.05) is 6.07 Å². The Hall–Kier alpha value is -3.00. The maximum Gasteiger partial charge on any atom is 0.246 e. The van der Waals surface area contributed by atoms with Crippen LogP contribution in [0.1, 0.15) is 49.4 Å². The van der Waals surface area contributed by atoms with Gasteiger partial charge in [0.25, 0.3) is 0 Å². The van der Waals surface area contributed by atoms with Gasteiger partial charge < -0.3 is 20.3 Å². The van der Waals surface area contributed by atoms with Crippen LogP contribution in [-0.2, 0) is 21.4 Å². The maximum atomic E-state index is 15.1. The van der Waals surface area contributed by atoms with Gasteiger partial charge in [-0.25, -0.2) is 8.78 Å². The van der Waals surface area contributed by atoms with Crippen LogP contribution in [0.25, 0.3) is 0 Å². The van der Waals surface area contributed by atoms with Crippen molar-refractivity contribution in [3.8, 4) is 5.75 Å². The van der Waals surface area contributed by atoms with Crippen molar-refractivity contribution in [1.82, 2.24) is 10.2 Å². The summed E-state index contributed by atoms with van der Waals surface area (Å²) in [5.41, 5.74) is 0.151. The molecule has 6 nitrogen and oxygen atoms in total. The molecule has 2 aliphatic heterocycles. The van der Waals surface area contributed by atoms with Gasteiger partial charge in [0.1, 0.15) is 23.4 Å². The third-order valence-electron chi connectivity index (χ3n) is 6.53. The Balaban J connectivity index is 1.56. The highest BCUT2D eigenvalue weighted by molar-refractivity contribution is 5.96. The highest BCUT2D eigenvalue weighted by Crippen LogP contribution is 2.34. The first-order valence-corrected chi connectivity index (χ1v) is 11.2. The second kappa shape index (κ2) is 9.09. The smallest absolute Gasteiger partial charge is 0.246 e. The third kappa shape index (κ3) is 4.44. The van der Waals surface area contributed by atoms with Gasteiger partial charge in [0.2, 0.25) is 11.8 Å². The summed E-state index contributed by atoms with van der Waals surface area (Å²) in [6.07, 6.45) is 2.53. The van der Waals surface area contributed by atoms with Crippen molar-refractivity contribution in [2.45, 2.75) is 44.6 Å². The minimum absolute atomic E-state index is 0.00519. The molecule has 176 valence electrons. The fourth-order valence-corrected chi connectivity index (χ4v) is 4.78. The Morgan fingerprint density at radius 2 is 1.79 bits per heavy atom. The Morgan fingerprint density at radius 3 is 2.42 bits per heavy atom. The lowest BCUT2D eigenvalue weighted by Gasteiger charge is -2.30. The number of hydrogen-bond acceptors (Lipinski definition) is 4. The zero-order chi connectivity index (χ0) is 23.8. The number of likely N-dealkylation sites (tertiary alicyclic amines) is 1. The summed E-state index contributed by atoms with van der Waals surface area (Å²) >= 11 is 0. The molecule has 0 radical (unpaired) electrons. The fourth-order valence-electron chi connectivity index (χ4n) is 4.78. The summed E-state index contributed by atoms with van der Waals surface area (Å²) < 4.78 is 35.4. The van der Waals surface area contributed by atoms with E-state index in [1.165, 1.54) is 13.8 Å². The minimum Gasteiger partial charge on any atom is -0.497 e. The van der Waals surface area contributed by atoms with E-state index in [0.717, 1.165) is 42.5 Å². The molecular weight excluding hydrogens is 428 g/mol. The Kier molecular flexibility index (Phi) is 6.38. The van der Waals surface area contributed by atoms with Gasteiger partial charge >= 0.3 is 0 Å². The molecule has 1 fully saturated rings. The number of carbonyl (C=O) groups excluding carboxylic acids is 2. The van der Waals surface area contributed by atoms with Crippen molar-refractivity contribution < 1.29 is 23.1 Å². The molecule has 33 heavy (non-hydrogen) atoms. The first-order chi connectivity index (χ1) is 15.7. The second-order valence-electron chi connectivity index (χ2n) is 9.13. The largest absolute Gasteiger partial charge is 0.497 e. The fraction of sp³-hybridized carbons (Fsp3) is 0.440. The summed E-state index contributed by atoms with van der Waals surface area (Å²) in [5, 5.41) is 5.77. The van der Waals surface area contributed by atoms with Crippen LogP contribution >= 0.6 is 0 Å². The second-order valence-corrected chi connectivity index (χ2v) is 9.13. The van der Waals surface area contributed by atoms with Gasteiger partial charge in [-0.05, 0) is 68.5 Å². The summed E-state index contributed by atoms with van der Waals surface area (Å²) in [4.78, 5) is 27.5. The molecule has 8 heteroatoms. The lowest BCUT2D eigenvalue weighted by Crippen LogP contribution is -2.43. The number of hydrogen-bond donors (Lipinski definition) is 2. The molecule has 2 N–H and O–H groups in total. The summed E-state index contributed by atoms with van der Waals surface area (Å²) in [6, 6.07) is 6.99. The zero-order valence-electron chi connectivity index (χ0n) is 19.1. The van der Waals surface area contributed by atoms with Crippen LogP contribution in [0.15, 0.2) is 30.3 Å². The van der Waals surface area contributed by atoms with Crippen LogP contribution in [0, 0.1) is 11.6 Å².